The lowest BCUT2D eigenvalue weighted by Gasteiger charge is -2.19. The zero-order valence-corrected chi connectivity index (χ0v) is 10.2. The first kappa shape index (κ1) is 11.3. The van der Waals surface area contributed by atoms with Crippen LogP contribution in [-0.4, -0.2) is 20.6 Å². The average molecular weight is 267 g/mol. The quantitative estimate of drug-likeness (QED) is 0.906. The maximum absolute atomic E-state index is 11.0. The fourth-order valence-electron chi connectivity index (χ4n) is 2.22. The van der Waals surface area contributed by atoms with Crippen LogP contribution in [0.2, 0.25) is 5.22 Å². The van der Waals surface area contributed by atoms with Crippen LogP contribution < -0.4 is 0 Å². The highest BCUT2D eigenvalue weighted by Gasteiger charge is 2.26. The Morgan fingerprint density at radius 1 is 1.56 bits per heavy atom. The Kier molecular flexibility index (Phi) is 2.63. The summed E-state index contributed by atoms with van der Waals surface area (Å²) in [5, 5.41) is 9.34. The number of imidazole rings is 1. The van der Waals surface area contributed by atoms with Gasteiger partial charge in [-0.25, -0.2) is 4.98 Å². The SMILES string of the molecule is O=C(O)C1CCc2nc(-c3ccc(Cl)o3)cn2C1. The normalized spacial score (nSPS) is 18.6. The summed E-state index contributed by atoms with van der Waals surface area (Å²) in [6.07, 6.45) is 3.12. The number of rotatable bonds is 2. The maximum atomic E-state index is 11.0. The number of halogens is 1. The van der Waals surface area contributed by atoms with Gasteiger partial charge in [0.1, 0.15) is 11.5 Å². The first-order valence-corrected chi connectivity index (χ1v) is 6.06. The van der Waals surface area contributed by atoms with Crippen molar-refractivity contribution < 1.29 is 14.3 Å². The zero-order valence-electron chi connectivity index (χ0n) is 9.47. The van der Waals surface area contributed by atoms with Gasteiger partial charge in [0, 0.05) is 19.2 Å². The van der Waals surface area contributed by atoms with E-state index in [1.807, 2.05) is 10.8 Å². The van der Waals surface area contributed by atoms with Crippen molar-refractivity contribution in [2.45, 2.75) is 19.4 Å². The minimum absolute atomic E-state index is 0.319. The molecule has 1 N–H and O–H groups in total. The summed E-state index contributed by atoms with van der Waals surface area (Å²) in [5.74, 6) is 0.417. The van der Waals surface area contributed by atoms with E-state index < -0.39 is 5.97 Å². The first-order valence-electron chi connectivity index (χ1n) is 5.68. The van der Waals surface area contributed by atoms with Crippen LogP contribution >= 0.6 is 11.6 Å². The predicted molar refractivity (Wildman–Crippen MR) is 64.4 cm³/mol. The standard InChI is InChI=1S/C12H11ClN2O3/c13-10-3-2-9(18-10)8-6-15-5-7(12(16)17)1-4-11(15)14-8/h2-3,6-7H,1,4-5H2,(H,16,17). The summed E-state index contributed by atoms with van der Waals surface area (Å²) in [4.78, 5) is 15.4. The number of carboxylic acid groups (broad SMARTS) is 1. The summed E-state index contributed by atoms with van der Waals surface area (Å²) in [6.45, 7) is 0.464. The van der Waals surface area contributed by atoms with Crippen molar-refractivity contribution in [2.24, 2.45) is 5.92 Å². The lowest BCUT2D eigenvalue weighted by molar-refractivity contribution is -0.142. The monoisotopic (exact) mass is 266 g/mol. The molecule has 3 rings (SSSR count). The van der Waals surface area contributed by atoms with Crippen LogP contribution in [0, 0.1) is 5.92 Å². The highest BCUT2D eigenvalue weighted by atomic mass is 35.5. The smallest absolute Gasteiger partial charge is 0.308 e. The fourth-order valence-corrected chi connectivity index (χ4v) is 2.36. The zero-order chi connectivity index (χ0) is 12.7. The van der Waals surface area contributed by atoms with Gasteiger partial charge in [0.15, 0.2) is 11.0 Å². The van der Waals surface area contributed by atoms with E-state index in [4.69, 9.17) is 21.1 Å². The van der Waals surface area contributed by atoms with E-state index in [0.29, 0.717) is 36.1 Å². The van der Waals surface area contributed by atoms with E-state index in [1.165, 1.54) is 0 Å². The molecule has 6 heteroatoms. The summed E-state index contributed by atoms with van der Waals surface area (Å²) in [5.41, 5.74) is 0.697. The highest BCUT2D eigenvalue weighted by molar-refractivity contribution is 6.28. The van der Waals surface area contributed by atoms with Gasteiger partial charge in [-0.15, -0.1) is 0 Å². The summed E-state index contributed by atoms with van der Waals surface area (Å²) in [6, 6.07) is 3.42. The Morgan fingerprint density at radius 3 is 3.06 bits per heavy atom. The third kappa shape index (κ3) is 1.90. The molecule has 0 aliphatic carbocycles. The molecule has 0 spiro atoms. The molecule has 1 unspecified atom stereocenters. The number of aryl methyl sites for hydroxylation is 1. The summed E-state index contributed by atoms with van der Waals surface area (Å²) in [7, 11) is 0. The van der Waals surface area contributed by atoms with Crippen LogP contribution in [0.1, 0.15) is 12.2 Å². The van der Waals surface area contributed by atoms with Gasteiger partial charge in [-0.3, -0.25) is 4.79 Å². The van der Waals surface area contributed by atoms with Crippen LogP contribution in [0.25, 0.3) is 11.5 Å². The van der Waals surface area contributed by atoms with Crippen molar-refractivity contribution in [3.8, 4) is 11.5 Å². The number of aliphatic carboxylic acids is 1. The molecule has 0 fully saturated rings. The van der Waals surface area contributed by atoms with Gasteiger partial charge in [-0.05, 0) is 30.2 Å². The second kappa shape index (κ2) is 4.17. The molecule has 0 aromatic carbocycles. The molecule has 0 bridgehead atoms. The maximum Gasteiger partial charge on any atom is 0.308 e. The molecule has 1 aliphatic heterocycles. The molecule has 18 heavy (non-hydrogen) atoms. The van der Waals surface area contributed by atoms with Crippen LogP contribution in [-0.2, 0) is 17.8 Å². The van der Waals surface area contributed by atoms with Crippen molar-refractivity contribution in [2.75, 3.05) is 0 Å². The van der Waals surface area contributed by atoms with E-state index in [0.717, 1.165) is 5.82 Å². The molecule has 0 saturated heterocycles. The van der Waals surface area contributed by atoms with Crippen LogP contribution in [0.15, 0.2) is 22.7 Å². The molecule has 0 amide bonds. The second-order valence-corrected chi connectivity index (χ2v) is 4.74. The Labute approximate surface area is 108 Å². The molecule has 5 nitrogen and oxygen atoms in total. The molecule has 1 atom stereocenters. The van der Waals surface area contributed by atoms with E-state index in [1.54, 1.807) is 12.1 Å². The third-order valence-corrected chi connectivity index (χ3v) is 3.37. The van der Waals surface area contributed by atoms with Crippen LogP contribution in [0.3, 0.4) is 0 Å². The molecule has 3 heterocycles. The summed E-state index contributed by atoms with van der Waals surface area (Å²) >= 11 is 5.72. The number of nitrogens with zero attached hydrogens (tertiary/aromatic N) is 2. The van der Waals surface area contributed by atoms with Crippen LogP contribution in [0.4, 0.5) is 0 Å². The number of carbonyl (C=O) groups is 1. The Hall–Kier alpha value is -1.75. The van der Waals surface area contributed by atoms with E-state index in [9.17, 15) is 4.79 Å². The highest BCUT2D eigenvalue weighted by Crippen LogP contribution is 2.27. The van der Waals surface area contributed by atoms with Crippen molar-refractivity contribution in [1.82, 2.24) is 9.55 Å². The van der Waals surface area contributed by atoms with Gasteiger partial charge in [0.05, 0.1) is 5.92 Å². The number of aromatic nitrogens is 2. The molecular formula is C12H11ClN2O3. The number of hydrogen-bond acceptors (Lipinski definition) is 3. The van der Waals surface area contributed by atoms with Gasteiger partial charge in [0.25, 0.3) is 0 Å². The summed E-state index contributed by atoms with van der Waals surface area (Å²) < 4.78 is 7.18. The lowest BCUT2D eigenvalue weighted by Crippen LogP contribution is -2.26. The van der Waals surface area contributed by atoms with E-state index >= 15 is 0 Å². The van der Waals surface area contributed by atoms with Crippen molar-refractivity contribution in [3.05, 3.63) is 29.4 Å². The van der Waals surface area contributed by atoms with Gasteiger partial charge in [0.2, 0.25) is 0 Å². The topological polar surface area (TPSA) is 68.3 Å². The van der Waals surface area contributed by atoms with Crippen molar-refractivity contribution in [1.29, 1.82) is 0 Å². The predicted octanol–water partition coefficient (Wildman–Crippen LogP) is 2.44. The van der Waals surface area contributed by atoms with E-state index in [2.05, 4.69) is 4.98 Å². The fraction of sp³-hybridized carbons (Fsp3) is 0.333. The Bertz CT molecular complexity index is 602. The molecule has 1 aliphatic rings. The van der Waals surface area contributed by atoms with Crippen molar-refractivity contribution in [3.63, 3.8) is 0 Å². The molecule has 0 saturated carbocycles. The minimum atomic E-state index is -0.753. The molecule has 0 radical (unpaired) electrons. The molecule has 2 aromatic heterocycles. The number of fused-ring (bicyclic) bond motifs is 1. The first-order chi connectivity index (χ1) is 8.63. The Morgan fingerprint density at radius 2 is 2.39 bits per heavy atom. The van der Waals surface area contributed by atoms with Gasteiger partial charge in [-0.1, -0.05) is 0 Å². The second-order valence-electron chi connectivity index (χ2n) is 4.37. The lowest BCUT2D eigenvalue weighted by atomic mass is 10.00. The third-order valence-electron chi connectivity index (χ3n) is 3.17. The van der Waals surface area contributed by atoms with Crippen LogP contribution in [0.5, 0.6) is 0 Å². The van der Waals surface area contributed by atoms with Gasteiger partial charge < -0.3 is 14.1 Å². The molecule has 2 aromatic rings. The van der Waals surface area contributed by atoms with Crippen molar-refractivity contribution >= 4 is 17.6 Å². The number of furan rings is 1. The Balaban J connectivity index is 1.91. The van der Waals surface area contributed by atoms with Gasteiger partial charge >= 0.3 is 5.97 Å². The number of carboxylic acids is 1. The number of hydrogen-bond donors (Lipinski definition) is 1. The van der Waals surface area contributed by atoms with Gasteiger partial charge in [-0.2, -0.15) is 0 Å². The van der Waals surface area contributed by atoms with E-state index in [-0.39, 0.29) is 5.92 Å². The minimum Gasteiger partial charge on any atom is -0.481 e. The average Bonchev–Trinajstić information content (AvgIpc) is 2.93. The molecular weight excluding hydrogens is 256 g/mol. The largest absolute Gasteiger partial charge is 0.481 e. The molecule has 94 valence electrons.